The number of hydrogen-bond donors (Lipinski definition) is 1. The summed E-state index contributed by atoms with van der Waals surface area (Å²) in [5.74, 6) is 0.184. The third-order valence-corrected chi connectivity index (χ3v) is 8.46. The lowest BCUT2D eigenvalue weighted by Crippen LogP contribution is -2.34. The molecule has 1 aliphatic carbocycles. The molecule has 1 saturated heterocycles. The first-order valence-corrected chi connectivity index (χ1v) is 12.4. The zero-order valence-electron chi connectivity index (χ0n) is 19.2. The van der Waals surface area contributed by atoms with Crippen LogP contribution in [0.3, 0.4) is 0 Å². The molecule has 1 saturated carbocycles. The number of phenols is 1. The fraction of sp³-hybridized carbons (Fsp3) is 0.407. The molecule has 5 nitrogen and oxygen atoms in total. The summed E-state index contributed by atoms with van der Waals surface area (Å²) in [6.07, 6.45) is 3.56. The smallest absolute Gasteiger partial charge is 0.346 e. The molecule has 3 heterocycles. The number of hydrogen-bond acceptors (Lipinski definition) is 6. The van der Waals surface area contributed by atoms with Crippen molar-refractivity contribution in [1.82, 2.24) is 9.88 Å². The van der Waals surface area contributed by atoms with Crippen LogP contribution in [0, 0.1) is 10.8 Å². The van der Waals surface area contributed by atoms with Gasteiger partial charge in [-0.2, -0.15) is 0 Å². The van der Waals surface area contributed by atoms with Gasteiger partial charge in [0.2, 0.25) is 0 Å². The summed E-state index contributed by atoms with van der Waals surface area (Å²) in [5, 5.41) is 12.2. The summed E-state index contributed by atoms with van der Waals surface area (Å²) in [6.45, 7) is 8.69. The van der Waals surface area contributed by atoms with Crippen molar-refractivity contribution in [3.8, 4) is 16.3 Å². The number of rotatable bonds is 3. The van der Waals surface area contributed by atoms with Crippen molar-refractivity contribution in [2.45, 2.75) is 52.6 Å². The SMILES string of the molecule is CC1(C)CC2CC(C)(CN2Cc2c(O)ccc3cc(-c4nc5ccccc5s4)c(=O)oc23)C1. The van der Waals surface area contributed by atoms with E-state index in [0.29, 0.717) is 45.1 Å². The van der Waals surface area contributed by atoms with Crippen LogP contribution in [0.1, 0.15) is 45.6 Å². The van der Waals surface area contributed by atoms with E-state index in [1.807, 2.05) is 36.4 Å². The van der Waals surface area contributed by atoms with Crippen LogP contribution in [0.2, 0.25) is 0 Å². The molecule has 0 spiro atoms. The molecular weight excluding hydrogens is 432 g/mol. The Kier molecular flexibility index (Phi) is 4.52. The Bertz CT molecular complexity index is 1420. The number of nitrogens with zero attached hydrogens (tertiary/aromatic N) is 2. The number of thiazole rings is 1. The van der Waals surface area contributed by atoms with Gasteiger partial charge in [0.1, 0.15) is 16.3 Å². The highest BCUT2D eigenvalue weighted by Crippen LogP contribution is 2.53. The number of aromatic hydroxyl groups is 1. The van der Waals surface area contributed by atoms with E-state index in [4.69, 9.17) is 4.42 Å². The normalized spacial score (nSPS) is 24.6. The van der Waals surface area contributed by atoms with Gasteiger partial charge in [-0.3, -0.25) is 4.90 Å². The van der Waals surface area contributed by atoms with E-state index in [1.54, 1.807) is 6.07 Å². The van der Waals surface area contributed by atoms with Crippen LogP contribution in [0.4, 0.5) is 0 Å². The van der Waals surface area contributed by atoms with Gasteiger partial charge in [-0.05, 0) is 60.4 Å². The molecule has 0 radical (unpaired) electrons. The van der Waals surface area contributed by atoms with E-state index < -0.39 is 5.63 Å². The first-order valence-electron chi connectivity index (χ1n) is 11.6. The molecule has 6 heteroatoms. The van der Waals surface area contributed by atoms with Crippen molar-refractivity contribution in [2.75, 3.05) is 6.54 Å². The third-order valence-electron chi connectivity index (χ3n) is 7.39. The summed E-state index contributed by atoms with van der Waals surface area (Å²) >= 11 is 1.49. The van der Waals surface area contributed by atoms with Crippen LogP contribution in [0.5, 0.6) is 5.75 Å². The molecule has 1 N–H and O–H groups in total. The molecule has 2 aromatic carbocycles. The van der Waals surface area contributed by atoms with Gasteiger partial charge in [0.15, 0.2) is 0 Å². The summed E-state index contributed by atoms with van der Waals surface area (Å²) in [5.41, 5.74) is 2.73. The standard InChI is InChI=1S/C27H28N2O3S/c1-26(2)11-17-12-27(3,14-26)15-29(17)13-19-21(30)9-8-16-10-18(25(31)32-23(16)19)24-28-20-6-4-5-7-22(20)33-24/h4-10,17,30H,11-15H2,1-3H3. The van der Waals surface area contributed by atoms with Crippen molar-refractivity contribution < 1.29 is 9.52 Å². The average molecular weight is 461 g/mol. The number of fused-ring (bicyclic) bond motifs is 4. The van der Waals surface area contributed by atoms with Crippen LogP contribution in [0.15, 0.2) is 51.7 Å². The molecule has 2 bridgehead atoms. The van der Waals surface area contributed by atoms with Crippen molar-refractivity contribution in [2.24, 2.45) is 10.8 Å². The molecule has 4 aromatic rings. The summed E-state index contributed by atoms with van der Waals surface area (Å²) < 4.78 is 6.90. The van der Waals surface area contributed by atoms with E-state index in [0.717, 1.165) is 28.6 Å². The van der Waals surface area contributed by atoms with E-state index in [-0.39, 0.29) is 5.75 Å². The van der Waals surface area contributed by atoms with Crippen LogP contribution < -0.4 is 5.63 Å². The minimum atomic E-state index is -0.415. The van der Waals surface area contributed by atoms with Gasteiger partial charge in [0.05, 0.1) is 21.3 Å². The van der Waals surface area contributed by atoms with E-state index in [9.17, 15) is 9.90 Å². The number of likely N-dealkylation sites (tertiary alicyclic amines) is 1. The second-order valence-electron chi connectivity index (χ2n) is 11.0. The maximum absolute atomic E-state index is 13.0. The molecule has 2 aromatic heterocycles. The highest BCUT2D eigenvalue weighted by Gasteiger charge is 2.49. The maximum atomic E-state index is 13.0. The molecule has 1 aliphatic heterocycles. The number of benzene rings is 2. The Balaban J connectivity index is 1.40. The molecule has 6 rings (SSSR count). The predicted molar refractivity (Wildman–Crippen MR) is 133 cm³/mol. The van der Waals surface area contributed by atoms with Crippen LogP contribution in [0.25, 0.3) is 31.8 Å². The quantitative estimate of drug-likeness (QED) is 0.370. The largest absolute Gasteiger partial charge is 0.507 e. The number of phenolic OH excluding ortho intramolecular Hbond substituents is 1. The lowest BCUT2D eigenvalue weighted by Gasteiger charge is -2.40. The predicted octanol–water partition coefficient (Wildman–Crippen LogP) is 6.18. The van der Waals surface area contributed by atoms with Crippen LogP contribution in [-0.2, 0) is 6.54 Å². The average Bonchev–Trinajstić information content (AvgIpc) is 3.27. The summed E-state index contributed by atoms with van der Waals surface area (Å²) in [6, 6.07) is 13.7. The fourth-order valence-electron chi connectivity index (χ4n) is 6.49. The van der Waals surface area contributed by atoms with Gasteiger partial charge in [-0.15, -0.1) is 11.3 Å². The number of para-hydroxylation sites is 1. The monoisotopic (exact) mass is 460 g/mol. The molecule has 2 atom stereocenters. The van der Waals surface area contributed by atoms with Gasteiger partial charge in [0.25, 0.3) is 0 Å². The highest BCUT2D eigenvalue weighted by molar-refractivity contribution is 7.21. The van der Waals surface area contributed by atoms with Crippen molar-refractivity contribution in [3.05, 3.63) is 58.4 Å². The molecule has 2 aliphatic rings. The van der Waals surface area contributed by atoms with Crippen molar-refractivity contribution >= 4 is 32.5 Å². The highest BCUT2D eigenvalue weighted by atomic mass is 32.1. The van der Waals surface area contributed by atoms with Gasteiger partial charge in [-0.25, -0.2) is 9.78 Å². The maximum Gasteiger partial charge on any atom is 0.346 e. The molecule has 33 heavy (non-hydrogen) atoms. The summed E-state index contributed by atoms with van der Waals surface area (Å²) in [4.78, 5) is 20.1. The fourth-order valence-corrected chi connectivity index (χ4v) is 7.46. The van der Waals surface area contributed by atoms with Crippen molar-refractivity contribution in [1.29, 1.82) is 0 Å². The molecule has 2 fully saturated rings. The van der Waals surface area contributed by atoms with E-state index >= 15 is 0 Å². The minimum absolute atomic E-state index is 0.184. The van der Waals surface area contributed by atoms with Gasteiger partial charge in [-0.1, -0.05) is 32.9 Å². The Labute approximate surface area is 196 Å². The lowest BCUT2D eigenvalue weighted by atomic mass is 9.65. The molecule has 170 valence electrons. The summed E-state index contributed by atoms with van der Waals surface area (Å²) in [7, 11) is 0. The van der Waals surface area contributed by atoms with Crippen LogP contribution in [-0.4, -0.2) is 27.6 Å². The topological polar surface area (TPSA) is 66.6 Å². The second-order valence-corrected chi connectivity index (χ2v) is 12.1. The van der Waals surface area contributed by atoms with E-state index in [1.165, 1.54) is 24.2 Å². The Morgan fingerprint density at radius 1 is 1.18 bits per heavy atom. The zero-order chi connectivity index (χ0) is 23.0. The number of aromatic nitrogens is 1. The zero-order valence-corrected chi connectivity index (χ0v) is 20.0. The Hall–Kier alpha value is -2.70. The lowest BCUT2D eigenvalue weighted by molar-refractivity contribution is 0.126. The van der Waals surface area contributed by atoms with Gasteiger partial charge in [0, 0.05) is 24.5 Å². The first kappa shape index (κ1) is 20.9. The van der Waals surface area contributed by atoms with E-state index in [2.05, 4.69) is 30.7 Å². The van der Waals surface area contributed by atoms with Gasteiger partial charge < -0.3 is 9.52 Å². The Morgan fingerprint density at radius 2 is 2.00 bits per heavy atom. The molecule has 2 unspecified atom stereocenters. The van der Waals surface area contributed by atoms with Gasteiger partial charge >= 0.3 is 5.63 Å². The minimum Gasteiger partial charge on any atom is -0.507 e. The second kappa shape index (κ2) is 7.15. The van der Waals surface area contributed by atoms with Crippen LogP contribution >= 0.6 is 11.3 Å². The third kappa shape index (κ3) is 3.56. The van der Waals surface area contributed by atoms with Crippen molar-refractivity contribution in [3.63, 3.8) is 0 Å². The Morgan fingerprint density at radius 3 is 2.82 bits per heavy atom. The first-order chi connectivity index (χ1) is 15.7. The molecule has 0 amide bonds. The molecular formula is C27H28N2O3S.